The molecule has 1 heterocycles. The second-order valence-corrected chi connectivity index (χ2v) is 6.54. The molecule has 18 heavy (non-hydrogen) atoms. The standard InChI is InChI=1S/C13H19NO3S/c1-10-13(11-7-5-4-6-8-11)12(14(10)2)9-17-18(3,15)16/h4-8,10,12-13H,9H2,1-3H3/t10-,12-,13+/m0/s1. The van der Waals surface area contributed by atoms with E-state index in [9.17, 15) is 8.42 Å². The minimum Gasteiger partial charge on any atom is -0.297 e. The third kappa shape index (κ3) is 2.74. The van der Waals surface area contributed by atoms with Crippen LogP contribution in [0.5, 0.6) is 0 Å². The van der Waals surface area contributed by atoms with Gasteiger partial charge >= 0.3 is 0 Å². The van der Waals surface area contributed by atoms with Gasteiger partial charge in [0.25, 0.3) is 10.1 Å². The fraction of sp³-hybridized carbons (Fsp3) is 0.538. The van der Waals surface area contributed by atoms with Crippen molar-refractivity contribution < 1.29 is 12.6 Å². The summed E-state index contributed by atoms with van der Waals surface area (Å²) in [6, 6.07) is 10.7. The Balaban J connectivity index is 2.10. The van der Waals surface area contributed by atoms with E-state index in [4.69, 9.17) is 4.18 Å². The molecule has 4 nitrogen and oxygen atoms in total. The maximum absolute atomic E-state index is 11.1. The van der Waals surface area contributed by atoms with E-state index < -0.39 is 10.1 Å². The van der Waals surface area contributed by atoms with E-state index in [0.717, 1.165) is 6.26 Å². The van der Waals surface area contributed by atoms with E-state index in [2.05, 4.69) is 24.0 Å². The summed E-state index contributed by atoms with van der Waals surface area (Å²) in [4.78, 5) is 2.16. The van der Waals surface area contributed by atoms with Gasteiger partial charge in [-0.15, -0.1) is 0 Å². The van der Waals surface area contributed by atoms with Gasteiger partial charge in [-0.1, -0.05) is 30.3 Å². The number of hydrogen-bond donors (Lipinski definition) is 0. The molecule has 0 aliphatic carbocycles. The van der Waals surface area contributed by atoms with Crippen LogP contribution in [0.4, 0.5) is 0 Å². The molecular formula is C13H19NO3S. The molecule has 100 valence electrons. The number of likely N-dealkylation sites (N-methyl/N-ethyl adjacent to an activating group) is 1. The van der Waals surface area contributed by atoms with E-state index in [-0.39, 0.29) is 12.6 Å². The van der Waals surface area contributed by atoms with Crippen molar-refractivity contribution in [1.82, 2.24) is 4.90 Å². The van der Waals surface area contributed by atoms with Gasteiger partial charge in [0.1, 0.15) is 0 Å². The van der Waals surface area contributed by atoms with Gasteiger partial charge in [0.2, 0.25) is 0 Å². The highest BCUT2D eigenvalue weighted by molar-refractivity contribution is 7.85. The van der Waals surface area contributed by atoms with Crippen molar-refractivity contribution >= 4 is 10.1 Å². The van der Waals surface area contributed by atoms with Gasteiger partial charge in [0.15, 0.2) is 0 Å². The number of likely N-dealkylation sites (tertiary alicyclic amines) is 1. The van der Waals surface area contributed by atoms with Gasteiger partial charge in [-0.05, 0) is 19.5 Å². The summed E-state index contributed by atoms with van der Waals surface area (Å²) >= 11 is 0. The maximum atomic E-state index is 11.1. The van der Waals surface area contributed by atoms with E-state index in [1.165, 1.54) is 5.56 Å². The first-order valence-electron chi connectivity index (χ1n) is 6.01. The van der Waals surface area contributed by atoms with Crippen LogP contribution in [0.1, 0.15) is 18.4 Å². The maximum Gasteiger partial charge on any atom is 0.264 e. The Morgan fingerprint density at radius 3 is 2.44 bits per heavy atom. The molecule has 0 radical (unpaired) electrons. The predicted molar refractivity (Wildman–Crippen MR) is 71.0 cm³/mol. The Hall–Kier alpha value is -0.910. The van der Waals surface area contributed by atoms with Gasteiger partial charge in [-0.3, -0.25) is 9.08 Å². The Bertz CT molecular complexity index is 500. The second-order valence-electron chi connectivity index (χ2n) is 4.90. The molecule has 5 heteroatoms. The lowest BCUT2D eigenvalue weighted by Crippen LogP contribution is -2.60. The van der Waals surface area contributed by atoms with Crippen LogP contribution in [0.25, 0.3) is 0 Å². The summed E-state index contributed by atoms with van der Waals surface area (Å²) in [5.74, 6) is 0.331. The van der Waals surface area contributed by atoms with Gasteiger partial charge in [0, 0.05) is 18.0 Å². The monoisotopic (exact) mass is 269 g/mol. The molecular weight excluding hydrogens is 250 g/mol. The van der Waals surface area contributed by atoms with Crippen molar-refractivity contribution in [2.45, 2.75) is 24.9 Å². The average Bonchev–Trinajstić information content (AvgIpc) is 2.33. The van der Waals surface area contributed by atoms with Crippen LogP contribution >= 0.6 is 0 Å². The lowest BCUT2D eigenvalue weighted by atomic mass is 9.77. The zero-order valence-corrected chi connectivity index (χ0v) is 11.7. The first-order chi connectivity index (χ1) is 8.40. The zero-order valence-electron chi connectivity index (χ0n) is 10.9. The van der Waals surface area contributed by atoms with Gasteiger partial charge in [-0.2, -0.15) is 8.42 Å². The Morgan fingerprint density at radius 2 is 1.89 bits per heavy atom. The molecule has 0 amide bonds. The SMILES string of the molecule is C[C@H]1[C@H](c2ccccc2)[C@H](COS(C)(=O)=O)N1C. The summed E-state index contributed by atoms with van der Waals surface area (Å²) in [6.07, 6.45) is 1.09. The van der Waals surface area contributed by atoms with Crippen molar-refractivity contribution in [1.29, 1.82) is 0 Å². The van der Waals surface area contributed by atoms with Crippen LogP contribution in [-0.4, -0.2) is 45.3 Å². The molecule has 0 N–H and O–H groups in total. The van der Waals surface area contributed by atoms with Crippen LogP contribution < -0.4 is 0 Å². The van der Waals surface area contributed by atoms with Gasteiger partial charge < -0.3 is 0 Å². The van der Waals surface area contributed by atoms with E-state index >= 15 is 0 Å². The molecule has 0 spiro atoms. The molecule has 0 bridgehead atoms. The van der Waals surface area contributed by atoms with Crippen LogP contribution in [0.2, 0.25) is 0 Å². The number of nitrogens with zero attached hydrogens (tertiary/aromatic N) is 1. The summed E-state index contributed by atoms with van der Waals surface area (Å²) < 4.78 is 27.1. The van der Waals surface area contributed by atoms with Crippen LogP contribution in [0.15, 0.2) is 30.3 Å². The quantitative estimate of drug-likeness (QED) is 0.776. The van der Waals surface area contributed by atoms with E-state index in [0.29, 0.717) is 12.0 Å². The van der Waals surface area contributed by atoms with Crippen LogP contribution in [0, 0.1) is 0 Å². The zero-order chi connectivity index (χ0) is 13.3. The fourth-order valence-corrected chi connectivity index (χ4v) is 3.01. The predicted octanol–water partition coefficient (Wildman–Crippen LogP) is 1.45. The van der Waals surface area contributed by atoms with E-state index in [1.54, 1.807) is 0 Å². The molecule has 1 aromatic carbocycles. The average molecular weight is 269 g/mol. The highest BCUT2D eigenvalue weighted by Crippen LogP contribution is 2.39. The van der Waals surface area contributed by atoms with Crippen molar-refractivity contribution in [3.8, 4) is 0 Å². The highest BCUT2D eigenvalue weighted by atomic mass is 32.2. The normalized spacial score (nSPS) is 28.9. The number of rotatable bonds is 4. The van der Waals surface area contributed by atoms with E-state index in [1.807, 2.05) is 25.2 Å². The molecule has 1 saturated heterocycles. The smallest absolute Gasteiger partial charge is 0.264 e. The fourth-order valence-electron chi connectivity index (χ4n) is 2.62. The topological polar surface area (TPSA) is 46.6 Å². The van der Waals surface area contributed by atoms with Crippen LogP contribution in [0.3, 0.4) is 0 Å². The first kappa shape index (κ1) is 13.5. The minimum atomic E-state index is -3.37. The molecule has 3 atom stereocenters. The number of benzene rings is 1. The lowest BCUT2D eigenvalue weighted by Gasteiger charge is -2.52. The largest absolute Gasteiger partial charge is 0.297 e. The Kier molecular flexibility index (Phi) is 3.75. The van der Waals surface area contributed by atoms with Crippen molar-refractivity contribution in [3.05, 3.63) is 35.9 Å². The number of hydrogen-bond acceptors (Lipinski definition) is 4. The molecule has 1 aliphatic rings. The molecule has 1 aliphatic heterocycles. The minimum absolute atomic E-state index is 0.122. The third-order valence-corrected chi connectivity index (χ3v) is 4.30. The molecule has 1 aromatic rings. The second kappa shape index (κ2) is 4.99. The van der Waals surface area contributed by atoms with Crippen LogP contribution in [-0.2, 0) is 14.3 Å². The van der Waals surface area contributed by atoms with Crippen molar-refractivity contribution in [2.24, 2.45) is 0 Å². The Morgan fingerprint density at radius 1 is 1.28 bits per heavy atom. The lowest BCUT2D eigenvalue weighted by molar-refractivity contribution is -0.00428. The highest BCUT2D eigenvalue weighted by Gasteiger charge is 2.44. The first-order valence-corrected chi connectivity index (χ1v) is 7.83. The molecule has 0 saturated carbocycles. The van der Waals surface area contributed by atoms with Crippen molar-refractivity contribution in [2.75, 3.05) is 19.9 Å². The molecule has 0 unspecified atom stereocenters. The molecule has 2 rings (SSSR count). The summed E-state index contributed by atoms with van der Waals surface area (Å²) in [7, 11) is -1.37. The third-order valence-electron chi connectivity index (χ3n) is 3.74. The summed E-state index contributed by atoms with van der Waals surface area (Å²) in [6.45, 7) is 2.37. The van der Waals surface area contributed by atoms with Crippen molar-refractivity contribution in [3.63, 3.8) is 0 Å². The van der Waals surface area contributed by atoms with Gasteiger partial charge in [0.05, 0.1) is 12.9 Å². The summed E-state index contributed by atoms with van der Waals surface area (Å²) in [5.41, 5.74) is 1.24. The molecule has 0 aromatic heterocycles. The summed E-state index contributed by atoms with van der Waals surface area (Å²) in [5, 5.41) is 0. The van der Waals surface area contributed by atoms with Gasteiger partial charge in [-0.25, -0.2) is 0 Å². The Labute approximate surface area is 109 Å². The molecule has 1 fully saturated rings.